The van der Waals surface area contributed by atoms with Gasteiger partial charge in [0.25, 0.3) is 31.1 Å². The Morgan fingerprint density at radius 3 is 1.67 bits per heavy atom. The number of nitrogens with one attached hydrogen (secondary N) is 3. The highest BCUT2D eigenvalue weighted by molar-refractivity contribution is 7.49. The van der Waals surface area contributed by atoms with Crippen molar-refractivity contribution in [3.8, 4) is 11.5 Å². The summed E-state index contributed by atoms with van der Waals surface area (Å²) in [6.45, 7) is 1.02. The Kier molecular flexibility index (Phi) is 33.8. The second-order valence-electron chi connectivity index (χ2n) is 32.0. The van der Waals surface area contributed by atoms with Crippen molar-refractivity contribution in [2.45, 2.75) is 143 Å². The number of aliphatic hydroxyl groups excluding tert-OH is 1. The van der Waals surface area contributed by atoms with Crippen molar-refractivity contribution < 1.29 is 134 Å². The topological polar surface area (TPSA) is 676 Å². The highest BCUT2D eigenvalue weighted by Gasteiger charge is 2.62. The van der Waals surface area contributed by atoms with Gasteiger partial charge in [-0.1, -0.05) is 54.6 Å². The Morgan fingerprint density at radius 2 is 1.10 bits per heavy atom. The molecular weight excluding hydrogens is 2000 g/mol. The van der Waals surface area contributed by atoms with Crippen LogP contribution in [0.4, 0.5) is 17.6 Å². The highest BCUT2D eigenvalue weighted by Crippen LogP contribution is 2.58. The van der Waals surface area contributed by atoms with Crippen LogP contribution in [0.3, 0.4) is 0 Å². The third kappa shape index (κ3) is 24.0. The molecule has 746 valence electrons. The number of hydrogen-bond acceptors (Lipinski definition) is 47. The Morgan fingerprint density at radius 1 is 0.569 bits per heavy atom. The molecule has 53 nitrogen and oxygen atoms in total. The summed E-state index contributed by atoms with van der Waals surface area (Å²) in [7, 11) is -31.4. The lowest BCUT2D eigenvalue weighted by molar-refractivity contribution is -0.0956. The number of aromatic nitrogens is 12. The maximum Gasteiger partial charge on any atom is 0.478 e. The number of phosphoric ester groups is 3. The Hall–Kier alpha value is -7.61. The van der Waals surface area contributed by atoms with Crippen LogP contribution in [-0.2, 0) is 125 Å². The van der Waals surface area contributed by atoms with Gasteiger partial charge in [0.15, 0.2) is 22.6 Å². The van der Waals surface area contributed by atoms with E-state index in [4.69, 9.17) is 149 Å². The van der Waals surface area contributed by atoms with Crippen LogP contribution in [-0.4, -0.2) is 282 Å². The van der Waals surface area contributed by atoms with Crippen molar-refractivity contribution in [3.05, 3.63) is 180 Å². The molecule has 0 spiro atoms. The minimum Gasteiger partial charge on any atom is -0.497 e. The van der Waals surface area contributed by atoms with Gasteiger partial charge in [-0.05, 0) is 105 Å². The number of nitrogens with two attached hydrogens (primary N) is 6. The summed E-state index contributed by atoms with van der Waals surface area (Å²) in [5, 5.41) is 14.6. The first-order valence-corrected chi connectivity index (χ1v) is 60.5. The second-order valence-corrected chi connectivity index (χ2v) is 56.5. The highest BCUT2D eigenvalue weighted by atomic mass is 31.2. The van der Waals surface area contributed by atoms with E-state index in [1.54, 1.807) is 12.1 Å². The second kappa shape index (κ2) is 45.3. The quantitative estimate of drug-likeness (QED) is 0.00949. The Labute approximate surface area is 794 Å². The Bertz CT molecular complexity index is 6020. The molecule has 7 aliphatic heterocycles. The number of anilines is 3. The third-order valence-electron chi connectivity index (χ3n) is 23.1. The molecule has 9 aromatic rings. The largest absolute Gasteiger partial charge is 0.497 e. The summed E-state index contributed by atoms with van der Waals surface area (Å²) in [6, 6.07) is 26.7. The molecule has 137 heavy (non-hydrogen) atoms. The summed E-state index contributed by atoms with van der Waals surface area (Å²) in [4.78, 5) is 82.6. The van der Waals surface area contributed by atoms with Gasteiger partial charge in [0, 0.05) is 77.1 Å². The van der Waals surface area contributed by atoms with Gasteiger partial charge in [0.1, 0.15) is 102 Å². The van der Waals surface area contributed by atoms with Gasteiger partial charge in [-0.3, -0.25) is 78.5 Å². The number of fused-ring (bicyclic) bond motifs is 6. The number of aliphatic hydroxyl groups is 1. The van der Waals surface area contributed by atoms with Crippen LogP contribution < -0.4 is 71.7 Å². The predicted molar refractivity (Wildman–Crippen MR) is 497 cm³/mol. The van der Waals surface area contributed by atoms with Crippen LogP contribution >= 0.6 is 23.5 Å². The molecule has 16 N–H and O–H groups in total. The first-order chi connectivity index (χ1) is 66.1. The molecule has 4 bridgehead atoms. The molecule has 0 amide bonds. The SMILES string of the molecule is COc1ccc(C(OC[C@H]2O[C@@H](n3cc(C)c(=O)[nH]c3=O)CC2OP(=O)(OC)OC[C@H]2O[C@@H](n3cnc4c(=O)[nH]c(N)nc43)CC2OP(=O)(OC)OC[C@H]2O[C@@H](n3cnc4c(N)ncnc43)CC2OP(=O)(OC)OC[C@H]2O[C@@H](n3ccc(N)nc3=O)CC2O)(c2ccccc2)c2ccc(OCCCNCC[SiH]3O[SiH2]O[SiH]4O[SiH]5O[SiH2]O[SiH](CCN)O[Si](CCN)(O5)O[Si](CCN)(O3)O4)cc2)cc1. The standard InChI is InChI=1S/C73H108N19O34P3Si8/c1-44-36-90(72(97)88-68(44)94)60-33-51(55(111-60)37-106-73(45-10-7-6-8-11-45,46-12-16-48(101-2)17-13-46)47-14-18-49(19-15-47)105-27-9-24-80-25-29-133-118-131-120-135-121-134-119-130-117-132(28-21-74)122-136(124-134,30-22-75)126-137(123-133,125-135)31-23-76)114-128(99,103-4)108-40-57-53(35-62(113-57)92-43-84-64-67(92)86-70(79)87-69(64)95)116-129(100,104-5)109-39-56-52(34-61(112-56)91-42-83-63-65(78)81-41-82-66(63)91)115-127(98,102-3)107-38-54-50(93)32-59(110-54)89-26-20-58(77)85-71(89)96/h6-8,10-20,26,36,41-43,50-57,59-62,80,93,132-135H,9,21-25,27-35,37-40,74-76,130-131H2,1-5H3,(H2,77,85,96)(H2,78,81,82)(H,88,94,97)(H3,79,86,87,95)/t50?,51?,52?,53?,54-,55-,56-,57-,59-,60-,61-,62-,73?,127?,128?,129?,132?,133?,134?,135?,136?,137?/m1/s1. The number of phosphoric acid groups is 3. The van der Waals surface area contributed by atoms with Crippen molar-refractivity contribution in [2.75, 3.05) is 111 Å². The van der Waals surface area contributed by atoms with Crippen LogP contribution in [0, 0.1) is 6.92 Å². The van der Waals surface area contributed by atoms with Gasteiger partial charge < -0.3 is 119 Å². The van der Waals surface area contributed by atoms with E-state index in [1.807, 2.05) is 66.7 Å². The van der Waals surface area contributed by atoms with Gasteiger partial charge >= 0.3 is 90.1 Å². The average molecular weight is 2110 g/mol. The van der Waals surface area contributed by atoms with Gasteiger partial charge in [-0.25, -0.2) is 43.2 Å². The van der Waals surface area contributed by atoms with Crippen molar-refractivity contribution in [3.63, 3.8) is 0 Å². The lowest BCUT2D eigenvalue weighted by Gasteiger charge is -2.47. The summed E-state index contributed by atoms with van der Waals surface area (Å²) < 4.78 is 215. The molecule has 7 saturated heterocycles. The van der Waals surface area contributed by atoms with Crippen molar-refractivity contribution in [2.24, 2.45) is 17.2 Å². The Balaban J connectivity index is 0.620. The number of nitrogen functional groups attached to an aromatic ring is 3. The van der Waals surface area contributed by atoms with Crippen molar-refractivity contribution in [1.82, 2.24) is 63.5 Å². The first-order valence-electron chi connectivity index (χ1n) is 43.6. The lowest BCUT2D eigenvalue weighted by Crippen LogP contribution is -2.70. The summed E-state index contributed by atoms with van der Waals surface area (Å²) in [5.74, 6) is 0.780. The zero-order chi connectivity index (χ0) is 96.4. The monoisotopic (exact) mass is 2110 g/mol. The van der Waals surface area contributed by atoms with E-state index in [2.05, 4.69) is 45.2 Å². The van der Waals surface area contributed by atoms with Crippen LogP contribution in [0.15, 0.2) is 135 Å². The van der Waals surface area contributed by atoms with E-state index < -0.39 is 227 Å². The molecule has 7 fully saturated rings. The van der Waals surface area contributed by atoms with E-state index in [0.29, 0.717) is 72.9 Å². The number of aryl methyl sites for hydroxylation is 1. The first kappa shape index (κ1) is 102. The number of benzene rings is 3. The number of imidazole rings is 2. The molecule has 3 aromatic carbocycles. The summed E-state index contributed by atoms with van der Waals surface area (Å²) >= 11 is 0. The smallest absolute Gasteiger partial charge is 0.478 e. The van der Waals surface area contributed by atoms with Gasteiger partial charge in [-0.2, -0.15) is 9.97 Å². The number of rotatable bonds is 43. The number of aromatic amines is 2. The molecule has 0 saturated carbocycles. The molecule has 14 unspecified atom stereocenters. The molecule has 13 heterocycles. The van der Waals surface area contributed by atoms with E-state index in [0.717, 1.165) is 30.5 Å². The third-order valence-corrected chi connectivity index (χ3v) is 51.8. The molecular formula is C73H108N19O34P3Si8. The number of ether oxygens (including phenoxy) is 7. The van der Waals surface area contributed by atoms with E-state index >= 15 is 9.13 Å². The summed E-state index contributed by atoms with van der Waals surface area (Å²) in [5.41, 5.74) is 34.1. The molecule has 16 rings (SSSR count). The van der Waals surface area contributed by atoms with Crippen LogP contribution in [0.1, 0.15) is 79.3 Å². The van der Waals surface area contributed by atoms with Crippen molar-refractivity contribution in [1.29, 1.82) is 0 Å². The van der Waals surface area contributed by atoms with Gasteiger partial charge in [-0.15, -0.1) is 0 Å². The minimum absolute atomic E-state index is 0.0359. The maximum atomic E-state index is 15.7. The summed E-state index contributed by atoms with van der Waals surface area (Å²) in [6.07, 6.45) is -9.07. The zero-order valence-electron chi connectivity index (χ0n) is 74.8. The van der Waals surface area contributed by atoms with Crippen molar-refractivity contribution >= 4 is 139 Å². The van der Waals surface area contributed by atoms with Gasteiger partial charge in [0.05, 0.1) is 58.9 Å². The van der Waals surface area contributed by atoms with E-state index in [-0.39, 0.29) is 96.3 Å². The number of H-pyrrole nitrogens is 2. The minimum atomic E-state index is -4.98. The van der Waals surface area contributed by atoms with E-state index in [9.17, 15) is 28.8 Å². The molecule has 64 heteroatoms. The fourth-order valence-corrected chi connectivity index (χ4v) is 49.4. The molecule has 6 aromatic heterocycles. The van der Waals surface area contributed by atoms with E-state index in [1.165, 1.54) is 60.6 Å². The molecule has 22 atom stereocenters. The molecule has 0 radical (unpaired) electrons. The van der Waals surface area contributed by atoms with Crippen LogP contribution in [0.25, 0.3) is 22.3 Å². The molecule has 0 aliphatic carbocycles. The van der Waals surface area contributed by atoms with Gasteiger partial charge in [0.2, 0.25) is 5.95 Å². The van der Waals surface area contributed by atoms with Crippen LogP contribution in [0.2, 0.25) is 24.2 Å². The fourth-order valence-electron chi connectivity index (χ4n) is 16.4. The average Bonchev–Trinajstić information content (AvgIpc) is 1.50. The van der Waals surface area contributed by atoms with Crippen LogP contribution in [0.5, 0.6) is 11.5 Å². The fraction of sp³-hybridized carbons (Fsp3) is 0.507. The predicted octanol–water partition coefficient (Wildman–Crippen LogP) is -0.989. The normalized spacial score (nSPS) is 29.1. The number of nitrogens with zero attached hydrogens (tertiary/aromatic N) is 10. The number of methoxy groups -OCH3 is 1. The molecule has 7 aliphatic rings. The maximum absolute atomic E-state index is 15.7. The zero-order valence-corrected chi connectivity index (χ0v) is 86.9. The lowest BCUT2D eigenvalue weighted by atomic mass is 9.80. The number of hydrogen-bond donors (Lipinski definition) is 10.